The van der Waals surface area contributed by atoms with E-state index in [1.165, 1.54) is 0 Å². The molecule has 2 N–H and O–H groups in total. The zero-order valence-electron chi connectivity index (χ0n) is 10.6. The lowest BCUT2D eigenvalue weighted by molar-refractivity contribution is 0.0937. The molecule has 7 heteroatoms. The van der Waals surface area contributed by atoms with Crippen LogP contribution >= 0.6 is 0 Å². The molecule has 0 aliphatic rings. The molecule has 0 radical (unpaired) electrons. The second kappa shape index (κ2) is 4.99. The molecule has 2 heterocycles. The molecule has 0 spiro atoms. The minimum Gasteiger partial charge on any atom is -0.444 e. The summed E-state index contributed by atoms with van der Waals surface area (Å²) in [5.41, 5.74) is 0.824. The van der Waals surface area contributed by atoms with Crippen molar-refractivity contribution in [3.8, 4) is 0 Å². The van der Waals surface area contributed by atoms with Crippen LogP contribution in [0.5, 0.6) is 0 Å². The number of amides is 1. The Hall–Kier alpha value is -2.18. The highest BCUT2D eigenvalue weighted by atomic mass is 16.4. The first-order valence-electron chi connectivity index (χ1n) is 5.72. The first kappa shape index (κ1) is 12.3. The van der Waals surface area contributed by atoms with Gasteiger partial charge in [-0.2, -0.15) is 0 Å². The number of aromatic amines is 1. The highest BCUT2D eigenvalue weighted by Gasteiger charge is 2.13. The van der Waals surface area contributed by atoms with Crippen LogP contribution < -0.4 is 5.32 Å². The highest BCUT2D eigenvalue weighted by Crippen LogP contribution is 2.07. The van der Waals surface area contributed by atoms with E-state index in [0.717, 1.165) is 11.5 Å². The molecule has 0 saturated heterocycles. The predicted molar refractivity (Wildman–Crippen MR) is 62.9 cm³/mol. The molecular weight excluding hydrogens is 234 g/mol. The maximum Gasteiger partial charge on any atom is 0.291 e. The molecule has 0 aliphatic heterocycles. The van der Waals surface area contributed by atoms with Crippen LogP contribution in [-0.2, 0) is 13.0 Å². The van der Waals surface area contributed by atoms with Crippen molar-refractivity contribution in [1.29, 1.82) is 0 Å². The van der Waals surface area contributed by atoms with Gasteiger partial charge in [0.2, 0.25) is 11.7 Å². The average Bonchev–Trinajstić information content (AvgIpc) is 2.94. The largest absolute Gasteiger partial charge is 0.444 e. The second-order valence-electron chi connectivity index (χ2n) is 3.89. The molecule has 0 aromatic carbocycles. The Morgan fingerprint density at radius 3 is 2.72 bits per heavy atom. The zero-order valence-corrected chi connectivity index (χ0v) is 10.6. The molecule has 2 rings (SSSR count). The number of oxazole rings is 1. The summed E-state index contributed by atoms with van der Waals surface area (Å²) in [7, 11) is 0. The summed E-state index contributed by atoms with van der Waals surface area (Å²) >= 11 is 0. The van der Waals surface area contributed by atoms with Gasteiger partial charge in [-0.05, 0) is 13.8 Å². The Labute approximate surface area is 104 Å². The number of hydrogen-bond acceptors (Lipinski definition) is 5. The molecule has 96 valence electrons. The van der Waals surface area contributed by atoms with Crippen LogP contribution in [0.4, 0.5) is 0 Å². The van der Waals surface area contributed by atoms with E-state index in [4.69, 9.17) is 4.42 Å². The van der Waals surface area contributed by atoms with Crippen LogP contribution in [0.2, 0.25) is 0 Å². The SMILES string of the molecule is CCc1nc(C(=O)NCc2nc(C)c(C)o2)n[nH]1. The molecule has 7 nitrogen and oxygen atoms in total. The van der Waals surface area contributed by atoms with Crippen molar-refractivity contribution in [1.82, 2.24) is 25.5 Å². The molecule has 0 aliphatic carbocycles. The fraction of sp³-hybridized carbons (Fsp3) is 0.455. The fourth-order valence-electron chi connectivity index (χ4n) is 1.40. The predicted octanol–water partition coefficient (Wildman–Crippen LogP) is 0.902. The second-order valence-corrected chi connectivity index (χ2v) is 3.89. The summed E-state index contributed by atoms with van der Waals surface area (Å²) in [5, 5.41) is 9.16. The van der Waals surface area contributed by atoms with E-state index < -0.39 is 0 Å². The van der Waals surface area contributed by atoms with E-state index in [0.29, 0.717) is 18.1 Å². The highest BCUT2D eigenvalue weighted by molar-refractivity contribution is 5.90. The van der Waals surface area contributed by atoms with Gasteiger partial charge in [-0.25, -0.2) is 9.97 Å². The molecule has 0 atom stereocenters. The van der Waals surface area contributed by atoms with E-state index in [-0.39, 0.29) is 18.3 Å². The van der Waals surface area contributed by atoms with Crippen LogP contribution in [0.3, 0.4) is 0 Å². The monoisotopic (exact) mass is 249 g/mol. The van der Waals surface area contributed by atoms with Crippen molar-refractivity contribution in [3.63, 3.8) is 0 Å². The van der Waals surface area contributed by atoms with Gasteiger partial charge < -0.3 is 9.73 Å². The first-order valence-corrected chi connectivity index (χ1v) is 5.72. The Balaban J connectivity index is 1.95. The van der Waals surface area contributed by atoms with Crippen molar-refractivity contribution >= 4 is 5.91 Å². The number of carbonyl (C=O) groups excluding carboxylic acids is 1. The van der Waals surface area contributed by atoms with Crippen LogP contribution in [-0.4, -0.2) is 26.1 Å². The van der Waals surface area contributed by atoms with Crippen molar-refractivity contribution < 1.29 is 9.21 Å². The molecule has 1 amide bonds. The molecule has 0 fully saturated rings. The van der Waals surface area contributed by atoms with Crippen LogP contribution in [0.25, 0.3) is 0 Å². The average molecular weight is 249 g/mol. The van der Waals surface area contributed by atoms with Crippen molar-refractivity contribution in [2.24, 2.45) is 0 Å². The van der Waals surface area contributed by atoms with Crippen molar-refractivity contribution in [3.05, 3.63) is 29.0 Å². The number of hydrogen-bond donors (Lipinski definition) is 2. The van der Waals surface area contributed by atoms with Gasteiger partial charge in [0.15, 0.2) is 0 Å². The number of nitrogens with one attached hydrogen (secondary N) is 2. The van der Waals surface area contributed by atoms with Gasteiger partial charge in [0.1, 0.15) is 11.6 Å². The van der Waals surface area contributed by atoms with E-state index in [1.807, 2.05) is 20.8 Å². The van der Waals surface area contributed by atoms with Crippen LogP contribution in [0.15, 0.2) is 4.42 Å². The van der Waals surface area contributed by atoms with Crippen molar-refractivity contribution in [2.45, 2.75) is 33.7 Å². The molecule has 18 heavy (non-hydrogen) atoms. The van der Waals surface area contributed by atoms with E-state index in [1.54, 1.807) is 0 Å². The first-order chi connectivity index (χ1) is 8.60. The number of nitrogens with zero attached hydrogens (tertiary/aromatic N) is 3. The zero-order chi connectivity index (χ0) is 13.1. The topological polar surface area (TPSA) is 96.7 Å². The van der Waals surface area contributed by atoms with E-state index in [2.05, 4.69) is 25.5 Å². The number of H-pyrrole nitrogens is 1. The van der Waals surface area contributed by atoms with E-state index >= 15 is 0 Å². The summed E-state index contributed by atoms with van der Waals surface area (Å²) in [6, 6.07) is 0. The summed E-state index contributed by atoms with van der Waals surface area (Å²) in [6.07, 6.45) is 0.707. The van der Waals surface area contributed by atoms with Gasteiger partial charge in [0, 0.05) is 6.42 Å². The Bertz CT molecular complexity index is 538. The Morgan fingerprint density at radius 2 is 2.17 bits per heavy atom. The van der Waals surface area contributed by atoms with Crippen LogP contribution in [0, 0.1) is 13.8 Å². The normalized spacial score (nSPS) is 10.6. The van der Waals surface area contributed by atoms with Gasteiger partial charge in [0.25, 0.3) is 5.91 Å². The van der Waals surface area contributed by atoms with Gasteiger partial charge in [-0.1, -0.05) is 6.92 Å². The van der Waals surface area contributed by atoms with E-state index in [9.17, 15) is 4.79 Å². The van der Waals surface area contributed by atoms with Gasteiger partial charge in [-0.15, -0.1) is 5.10 Å². The quantitative estimate of drug-likeness (QED) is 0.839. The van der Waals surface area contributed by atoms with Gasteiger partial charge in [-0.3, -0.25) is 9.89 Å². The number of rotatable bonds is 4. The molecule has 0 unspecified atom stereocenters. The minimum atomic E-state index is -0.348. The third-order valence-electron chi connectivity index (χ3n) is 2.54. The summed E-state index contributed by atoms with van der Waals surface area (Å²) in [6.45, 7) is 5.84. The number of carbonyl (C=O) groups is 1. The standard InChI is InChI=1S/C11H15N5O2/c1-4-8-14-10(16-15-8)11(17)12-5-9-13-6(2)7(3)18-9/h4-5H2,1-3H3,(H,12,17)(H,14,15,16). The third kappa shape index (κ3) is 2.55. The molecule has 2 aromatic rings. The van der Waals surface area contributed by atoms with Gasteiger partial charge in [0.05, 0.1) is 12.2 Å². The smallest absolute Gasteiger partial charge is 0.291 e. The lowest BCUT2D eigenvalue weighted by atomic mass is 10.4. The summed E-state index contributed by atoms with van der Waals surface area (Å²) in [5.74, 6) is 1.70. The number of aromatic nitrogens is 4. The number of aryl methyl sites for hydroxylation is 3. The lowest BCUT2D eigenvalue weighted by Gasteiger charge is -1.97. The molecule has 0 saturated carbocycles. The fourth-order valence-corrected chi connectivity index (χ4v) is 1.40. The molecule has 2 aromatic heterocycles. The summed E-state index contributed by atoms with van der Waals surface area (Å²) in [4.78, 5) is 19.9. The Morgan fingerprint density at radius 1 is 1.39 bits per heavy atom. The van der Waals surface area contributed by atoms with Gasteiger partial charge >= 0.3 is 0 Å². The van der Waals surface area contributed by atoms with Crippen LogP contribution in [0.1, 0.15) is 40.7 Å². The summed E-state index contributed by atoms with van der Waals surface area (Å²) < 4.78 is 5.35. The third-order valence-corrected chi connectivity index (χ3v) is 2.54. The molecular formula is C11H15N5O2. The minimum absolute atomic E-state index is 0.131. The Kier molecular flexibility index (Phi) is 3.40. The molecule has 0 bridgehead atoms. The maximum atomic E-state index is 11.7. The maximum absolute atomic E-state index is 11.7. The lowest BCUT2D eigenvalue weighted by Crippen LogP contribution is -2.24. The van der Waals surface area contributed by atoms with Crippen molar-refractivity contribution in [2.75, 3.05) is 0 Å².